The number of benzene rings is 1. The fraction of sp³-hybridized carbons (Fsp3) is 0.409. The molecule has 0 aliphatic heterocycles. The minimum Gasteiger partial charge on any atom is -0.341 e. The maximum atomic E-state index is 12.9. The molecule has 1 aliphatic rings. The molecule has 0 N–H and O–H groups in total. The molecule has 1 atom stereocenters. The summed E-state index contributed by atoms with van der Waals surface area (Å²) in [6, 6.07) is 12.6. The first-order chi connectivity index (χ1) is 13.5. The van der Waals surface area contributed by atoms with Gasteiger partial charge in [0.25, 0.3) is 0 Å². The molecule has 0 unspecified atom stereocenters. The van der Waals surface area contributed by atoms with E-state index in [0.717, 1.165) is 27.9 Å². The number of thioether (sulfide) groups is 1. The molecule has 1 saturated carbocycles. The molecule has 0 radical (unpaired) electrons. The molecule has 3 aromatic rings. The largest absolute Gasteiger partial charge is 0.341 e. The summed E-state index contributed by atoms with van der Waals surface area (Å²) in [4.78, 5) is 12.9. The highest BCUT2D eigenvalue weighted by Gasteiger charge is 2.29. The fourth-order valence-corrected chi connectivity index (χ4v) is 4.69. The zero-order valence-corrected chi connectivity index (χ0v) is 17.7. The van der Waals surface area contributed by atoms with Gasteiger partial charge < -0.3 is 9.13 Å². The van der Waals surface area contributed by atoms with E-state index in [1.54, 1.807) is 0 Å². The van der Waals surface area contributed by atoms with Gasteiger partial charge in [-0.05, 0) is 45.2 Å². The summed E-state index contributed by atoms with van der Waals surface area (Å²) >= 11 is 1.48. The Morgan fingerprint density at radius 1 is 1.21 bits per heavy atom. The van der Waals surface area contributed by atoms with Crippen molar-refractivity contribution in [2.24, 2.45) is 7.05 Å². The van der Waals surface area contributed by atoms with Crippen LogP contribution in [0.3, 0.4) is 0 Å². The molecular weight excluding hydrogens is 368 g/mol. The van der Waals surface area contributed by atoms with E-state index < -0.39 is 0 Å². The number of ketones is 1. The van der Waals surface area contributed by atoms with Crippen molar-refractivity contribution in [1.82, 2.24) is 19.3 Å². The molecule has 1 aliphatic carbocycles. The zero-order chi connectivity index (χ0) is 19.8. The van der Waals surface area contributed by atoms with Gasteiger partial charge in [0, 0.05) is 29.9 Å². The van der Waals surface area contributed by atoms with Gasteiger partial charge in [0.2, 0.25) is 0 Å². The van der Waals surface area contributed by atoms with Crippen molar-refractivity contribution in [1.29, 1.82) is 0 Å². The first-order valence-electron chi connectivity index (χ1n) is 9.76. The van der Waals surface area contributed by atoms with Gasteiger partial charge in [-0.2, -0.15) is 0 Å². The van der Waals surface area contributed by atoms with Crippen molar-refractivity contribution in [3.63, 3.8) is 0 Å². The van der Waals surface area contributed by atoms with Crippen molar-refractivity contribution in [2.45, 2.75) is 50.7 Å². The minimum atomic E-state index is 0.139. The second-order valence-electron chi connectivity index (χ2n) is 7.63. The summed E-state index contributed by atoms with van der Waals surface area (Å²) in [5.41, 5.74) is 4.18. The van der Waals surface area contributed by atoms with Crippen molar-refractivity contribution in [3.05, 3.63) is 64.7 Å². The lowest BCUT2D eigenvalue weighted by atomic mass is 10.1. The molecule has 146 valence electrons. The van der Waals surface area contributed by atoms with Crippen molar-refractivity contribution >= 4 is 17.5 Å². The average molecular weight is 395 g/mol. The lowest BCUT2D eigenvalue weighted by Gasteiger charge is -2.19. The average Bonchev–Trinajstić information content (AvgIpc) is 3.41. The van der Waals surface area contributed by atoms with E-state index >= 15 is 0 Å². The normalized spacial score (nSPS) is 15.0. The molecular formula is C22H26N4OS. The third kappa shape index (κ3) is 3.53. The van der Waals surface area contributed by atoms with Crippen LogP contribution in [0, 0.1) is 13.8 Å². The van der Waals surface area contributed by atoms with Gasteiger partial charge in [-0.1, -0.05) is 42.1 Å². The number of carbonyl (C=O) groups excluding carboxylic acids is 1. The Balaban J connectivity index is 1.50. The number of Topliss-reactive ketones (excluding diaryl/α,β-unsaturated/α-hetero) is 1. The summed E-state index contributed by atoms with van der Waals surface area (Å²) < 4.78 is 4.29. The second kappa shape index (κ2) is 7.59. The molecule has 4 rings (SSSR count). The lowest BCUT2D eigenvalue weighted by molar-refractivity contribution is 0.102. The molecule has 1 fully saturated rings. The Bertz CT molecular complexity index is 1000. The topological polar surface area (TPSA) is 52.7 Å². The highest BCUT2D eigenvalue weighted by atomic mass is 32.2. The van der Waals surface area contributed by atoms with Gasteiger partial charge in [-0.3, -0.25) is 4.79 Å². The predicted octanol–water partition coefficient (Wildman–Crippen LogP) is 4.70. The van der Waals surface area contributed by atoms with E-state index in [0.29, 0.717) is 11.7 Å². The van der Waals surface area contributed by atoms with Crippen LogP contribution < -0.4 is 0 Å². The Morgan fingerprint density at radius 3 is 2.61 bits per heavy atom. The van der Waals surface area contributed by atoms with E-state index in [4.69, 9.17) is 0 Å². The van der Waals surface area contributed by atoms with Gasteiger partial charge in [0.15, 0.2) is 10.9 Å². The second-order valence-corrected chi connectivity index (χ2v) is 8.57. The number of nitrogens with zero attached hydrogens (tertiary/aromatic N) is 4. The number of rotatable bonds is 7. The number of carbonyl (C=O) groups is 1. The Labute approximate surface area is 170 Å². The van der Waals surface area contributed by atoms with E-state index in [-0.39, 0.29) is 11.8 Å². The van der Waals surface area contributed by atoms with E-state index in [2.05, 4.69) is 52.9 Å². The van der Waals surface area contributed by atoms with Crippen LogP contribution in [0.25, 0.3) is 0 Å². The first kappa shape index (κ1) is 19.0. The van der Waals surface area contributed by atoms with Gasteiger partial charge in [-0.25, -0.2) is 0 Å². The molecule has 0 saturated heterocycles. The highest BCUT2D eigenvalue weighted by molar-refractivity contribution is 7.99. The number of aromatic nitrogens is 4. The summed E-state index contributed by atoms with van der Waals surface area (Å²) in [5, 5.41) is 9.39. The van der Waals surface area contributed by atoms with Crippen molar-refractivity contribution in [3.8, 4) is 0 Å². The molecule has 2 heterocycles. The third-order valence-corrected chi connectivity index (χ3v) is 6.62. The smallest absolute Gasteiger partial charge is 0.191 e. The van der Waals surface area contributed by atoms with Crippen LogP contribution in [-0.2, 0) is 7.05 Å². The Morgan fingerprint density at radius 2 is 1.93 bits per heavy atom. The molecule has 0 amide bonds. The van der Waals surface area contributed by atoms with Crippen LogP contribution in [0.4, 0.5) is 0 Å². The number of hydrogen-bond donors (Lipinski definition) is 0. The molecule has 1 aromatic carbocycles. The molecule has 5 nitrogen and oxygen atoms in total. The summed E-state index contributed by atoms with van der Waals surface area (Å²) in [7, 11) is 1.99. The molecule has 28 heavy (non-hydrogen) atoms. The van der Waals surface area contributed by atoms with E-state index in [1.165, 1.54) is 30.2 Å². The molecule has 0 bridgehead atoms. The minimum absolute atomic E-state index is 0.139. The Hall–Kier alpha value is -2.34. The first-order valence-corrected chi connectivity index (χ1v) is 10.7. The third-order valence-electron chi connectivity index (χ3n) is 5.60. The van der Waals surface area contributed by atoms with Crippen LogP contribution in [0.2, 0.25) is 0 Å². The van der Waals surface area contributed by atoms with Crippen LogP contribution in [0.15, 0.2) is 41.6 Å². The maximum Gasteiger partial charge on any atom is 0.191 e. The van der Waals surface area contributed by atoms with Crippen LogP contribution >= 0.6 is 11.8 Å². The number of hydrogen-bond acceptors (Lipinski definition) is 4. The van der Waals surface area contributed by atoms with E-state index in [9.17, 15) is 4.79 Å². The van der Waals surface area contributed by atoms with E-state index in [1.807, 2.05) is 30.7 Å². The zero-order valence-electron chi connectivity index (χ0n) is 16.8. The Kier molecular flexibility index (Phi) is 5.15. The van der Waals surface area contributed by atoms with Crippen LogP contribution in [0.1, 0.15) is 64.9 Å². The van der Waals surface area contributed by atoms with Gasteiger partial charge in [0.1, 0.15) is 5.82 Å². The lowest BCUT2D eigenvalue weighted by Crippen LogP contribution is -2.12. The fourth-order valence-electron chi connectivity index (χ4n) is 3.89. The quantitative estimate of drug-likeness (QED) is 0.431. The standard InChI is InChI=1S/C22H26N4OS/c1-14-12-19(16(3)26(14)15(2)17-8-6-5-7-9-17)20(27)13-28-22-24-23-21(25(22)4)18-10-11-18/h5-9,12,15,18H,10-11,13H2,1-4H3/t15-/m1/s1. The van der Waals surface area contributed by atoms with Crippen LogP contribution in [0.5, 0.6) is 0 Å². The van der Waals surface area contributed by atoms with Crippen molar-refractivity contribution < 1.29 is 4.79 Å². The monoisotopic (exact) mass is 394 g/mol. The molecule has 2 aromatic heterocycles. The molecule has 0 spiro atoms. The predicted molar refractivity (Wildman–Crippen MR) is 112 cm³/mol. The summed E-state index contributed by atoms with van der Waals surface area (Å²) in [6.07, 6.45) is 2.39. The number of aryl methyl sites for hydroxylation is 1. The summed E-state index contributed by atoms with van der Waals surface area (Å²) in [5.74, 6) is 2.12. The van der Waals surface area contributed by atoms with Crippen LogP contribution in [-0.4, -0.2) is 30.9 Å². The van der Waals surface area contributed by atoms with Gasteiger partial charge >= 0.3 is 0 Å². The summed E-state index contributed by atoms with van der Waals surface area (Å²) in [6.45, 7) is 6.29. The van der Waals surface area contributed by atoms with Crippen molar-refractivity contribution in [2.75, 3.05) is 5.75 Å². The maximum absolute atomic E-state index is 12.9. The van der Waals surface area contributed by atoms with Gasteiger partial charge in [-0.15, -0.1) is 10.2 Å². The highest BCUT2D eigenvalue weighted by Crippen LogP contribution is 2.39. The van der Waals surface area contributed by atoms with Gasteiger partial charge in [0.05, 0.1) is 11.8 Å². The molecule has 6 heteroatoms. The SMILES string of the molecule is Cc1cc(C(=O)CSc2nnc(C3CC3)n2C)c(C)n1[C@H](C)c1ccccc1.